The molecule has 1 saturated heterocycles. The van der Waals surface area contributed by atoms with E-state index in [1.165, 1.54) is 4.70 Å². The molecule has 158 valence electrons. The number of aromatic nitrogens is 3. The summed E-state index contributed by atoms with van der Waals surface area (Å²) in [5.41, 5.74) is 3.13. The van der Waals surface area contributed by atoms with Gasteiger partial charge in [-0.1, -0.05) is 29.5 Å². The summed E-state index contributed by atoms with van der Waals surface area (Å²) in [6, 6.07) is 18.4. The van der Waals surface area contributed by atoms with Gasteiger partial charge in [0.05, 0.1) is 33.7 Å². The Balaban J connectivity index is 1.57. The van der Waals surface area contributed by atoms with Crippen molar-refractivity contribution in [2.24, 2.45) is 0 Å². The average molecular weight is 450 g/mol. The lowest BCUT2D eigenvalue weighted by Gasteiger charge is -2.28. The number of hydrogen-bond donors (Lipinski definition) is 1. The van der Waals surface area contributed by atoms with Gasteiger partial charge >= 0.3 is 0 Å². The summed E-state index contributed by atoms with van der Waals surface area (Å²) in [6.07, 6.45) is 4.81. The molecule has 0 amide bonds. The predicted octanol–water partition coefficient (Wildman–Crippen LogP) is 4.49. The summed E-state index contributed by atoms with van der Waals surface area (Å²) in [5, 5.41) is 5.21. The third kappa shape index (κ3) is 3.82. The average Bonchev–Trinajstić information content (AvgIpc) is 3.51. The summed E-state index contributed by atoms with van der Waals surface area (Å²) in [5.74, 6) is 0. The van der Waals surface area contributed by atoms with Crippen molar-refractivity contribution in [1.82, 2.24) is 24.8 Å². The fourth-order valence-corrected chi connectivity index (χ4v) is 5.42. The van der Waals surface area contributed by atoms with Crippen LogP contribution in [-0.4, -0.2) is 44.8 Å². The van der Waals surface area contributed by atoms with Gasteiger partial charge in [-0.05, 0) is 55.0 Å². The second-order valence-electron chi connectivity index (χ2n) is 7.43. The number of fused-ring (bicyclic) bond motifs is 1. The van der Waals surface area contributed by atoms with Crippen LogP contribution in [0.15, 0.2) is 67.0 Å². The summed E-state index contributed by atoms with van der Waals surface area (Å²) in [6.45, 7) is 1.50. The van der Waals surface area contributed by atoms with Gasteiger partial charge in [0.2, 0.25) is 0 Å². The highest BCUT2D eigenvalue weighted by molar-refractivity contribution is 7.80. The molecular formula is C23H23N5OS2. The van der Waals surface area contributed by atoms with Crippen LogP contribution in [0.1, 0.15) is 29.9 Å². The van der Waals surface area contributed by atoms with Crippen LogP contribution < -0.4 is 5.32 Å². The number of thiocarbonyl (C=S) groups is 1. The highest BCUT2D eigenvalue weighted by atomic mass is 32.1. The second kappa shape index (κ2) is 8.74. The molecule has 4 aromatic rings. The second-order valence-corrected chi connectivity index (χ2v) is 8.83. The number of methoxy groups -OCH3 is 1. The van der Waals surface area contributed by atoms with Crippen molar-refractivity contribution >= 4 is 38.9 Å². The maximum absolute atomic E-state index is 5.75. The van der Waals surface area contributed by atoms with E-state index in [1.54, 1.807) is 18.4 Å². The van der Waals surface area contributed by atoms with Crippen molar-refractivity contribution in [2.75, 3.05) is 20.3 Å². The van der Waals surface area contributed by atoms with Gasteiger partial charge in [0.1, 0.15) is 0 Å². The fourth-order valence-electron chi connectivity index (χ4n) is 4.12. The Kier molecular flexibility index (Phi) is 5.67. The van der Waals surface area contributed by atoms with Crippen LogP contribution in [-0.2, 0) is 4.74 Å². The number of nitrogens with one attached hydrogen (secondary N) is 1. The minimum absolute atomic E-state index is 0.00117. The minimum Gasteiger partial charge on any atom is -0.385 e. The first-order valence-electron chi connectivity index (χ1n) is 10.3. The maximum atomic E-state index is 5.75. The van der Waals surface area contributed by atoms with Gasteiger partial charge in [0.25, 0.3) is 0 Å². The molecule has 0 spiro atoms. The van der Waals surface area contributed by atoms with Crippen LogP contribution in [0, 0.1) is 0 Å². The van der Waals surface area contributed by atoms with Crippen LogP contribution in [0.3, 0.4) is 0 Å². The summed E-state index contributed by atoms with van der Waals surface area (Å²) in [7, 11) is 1.73. The van der Waals surface area contributed by atoms with Crippen molar-refractivity contribution in [3.05, 3.63) is 78.4 Å². The summed E-state index contributed by atoms with van der Waals surface area (Å²) in [4.78, 5) is 11.8. The number of para-hydroxylation sites is 1. The predicted molar refractivity (Wildman–Crippen MR) is 128 cm³/mol. The summed E-state index contributed by atoms with van der Waals surface area (Å²) < 4.78 is 8.65. The van der Waals surface area contributed by atoms with Crippen LogP contribution >= 0.6 is 23.6 Å². The molecule has 31 heavy (non-hydrogen) atoms. The molecule has 5 rings (SSSR count). The van der Waals surface area contributed by atoms with E-state index in [2.05, 4.69) is 62.4 Å². The molecule has 0 aliphatic carbocycles. The Morgan fingerprint density at radius 2 is 2.00 bits per heavy atom. The van der Waals surface area contributed by atoms with E-state index in [0.717, 1.165) is 40.1 Å². The zero-order valence-corrected chi connectivity index (χ0v) is 18.8. The van der Waals surface area contributed by atoms with E-state index in [4.69, 9.17) is 21.9 Å². The molecule has 8 heteroatoms. The molecule has 1 fully saturated rings. The van der Waals surface area contributed by atoms with Crippen molar-refractivity contribution in [2.45, 2.75) is 18.5 Å². The van der Waals surface area contributed by atoms with Gasteiger partial charge in [0.15, 0.2) is 10.2 Å². The topological polar surface area (TPSA) is 55.2 Å². The first-order valence-corrected chi connectivity index (χ1v) is 11.5. The molecule has 1 aromatic carbocycles. The van der Waals surface area contributed by atoms with Crippen molar-refractivity contribution in [3.8, 4) is 5.13 Å². The van der Waals surface area contributed by atoms with Gasteiger partial charge in [-0.2, -0.15) is 0 Å². The normalized spacial score (nSPS) is 18.6. The molecule has 2 atom stereocenters. The molecular weight excluding hydrogens is 426 g/mol. The molecule has 0 bridgehead atoms. The quantitative estimate of drug-likeness (QED) is 0.331. The van der Waals surface area contributed by atoms with Crippen LogP contribution in [0.25, 0.3) is 15.3 Å². The number of hydrogen-bond acceptors (Lipinski definition) is 5. The number of nitrogens with zero attached hydrogens (tertiary/aromatic N) is 4. The zero-order valence-electron chi connectivity index (χ0n) is 17.1. The van der Waals surface area contributed by atoms with Crippen LogP contribution in [0.5, 0.6) is 0 Å². The standard InChI is InChI=1S/C23H23N5OS2/c1-29-15-7-14-28-21(20(26-22(28)30)17-9-4-5-12-24-17)18-10-6-13-27(18)23-25-16-8-2-3-11-19(16)31-23/h2-6,8-13,20-21H,7,14-15H2,1H3,(H,26,30)/t20-,21-/m0/s1. The zero-order chi connectivity index (χ0) is 21.2. The molecule has 0 radical (unpaired) electrons. The monoisotopic (exact) mass is 449 g/mol. The summed E-state index contributed by atoms with van der Waals surface area (Å²) >= 11 is 7.45. The molecule has 1 aliphatic rings. The van der Waals surface area contributed by atoms with Gasteiger partial charge in [0, 0.05) is 32.7 Å². The molecule has 1 N–H and O–H groups in total. The molecule has 6 nitrogen and oxygen atoms in total. The fraction of sp³-hybridized carbons (Fsp3) is 0.261. The minimum atomic E-state index is -0.0423. The smallest absolute Gasteiger partial charge is 0.194 e. The lowest BCUT2D eigenvalue weighted by molar-refractivity contribution is 0.180. The largest absolute Gasteiger partial charge is 0.385 e. The molecule has 3 aromatic heterocycles. The van der Waals surface area contributed by atoms with E-state index >= 15 is 0 Å². The Morgan fingerprint density at radius 3 is 2.81 bits per heavy atom. The van der Waals surface area contributed by atoms with Crippen LogP contribution in [0.4, 0.5) is 0 Å². The van der Waals surface area contributed by atoms with E-state index in [0.29, 0.717) is 6.61 Å². The van der Waals surface area contributed by atoms with Gasteiger partial charge < -0.3 is 15.0 Å². The van der Waals surface area contributed by atoms with Crippen molar-refractivity contribution in [1.29, 1.82) is 0 Å². The number of pyridine rings is 1. The Hall–Kier alpha value is -2.81. The number of rotatable bonds is 7. The molecule has 4 heterocycles. The van der Waals surface area contributed by atoms with E-state index < -0.39 is 0 Å². The highest BCUT2D eigenvalue weighted by Gasteiger charge is 2.41. The number of benzene rings is 1. The SMILES string of the molecule is COCCCN1C(=S)N[C@@H](c2ccccn2)[C@@H]1c1cccn1-c1nc2ccccc2s1. The molecule has 0 saturated carbocycles. The van der Waals surface area contributed by atoms with Gasteiger partial charge in [-0.15, -0.1) is 0 Å². The van der Waals surface area contributed by atoms with E-state index in [1.807, 2.05) is 24.4 Å². The molecule has 0 unspecified atom stereocenters. The first kappa shape index (κ1) is 20.1. The third-order valence-corrected chi connectivity index (χ3v) is 6.91. The number of thiazole rings is 1. The Morgan fingerprint density at radius 1 is 1.13 bits per heavy atom. The highest BCUT2D eigenvalue weighted by Crippen LogP contribution is 2.40. The maximum Gasteiger partial charge on any atom is 0.194 e. The van der Waals surface area contributed by atoms with Crippen molar-refractivity contribution in [3.63, 3.8) is 0 Å². The molecule has 1 aliphatic heterocycles. The number of ether oxygens (including phenoxy) is 1. The van der Waals surface area contributed by atoms with E-state index in [9.17, 15) is 0 Å². The van der Waals surface area contributed by atoms with Gasteiger partial charge in [-0.25, -0.2) is 4.98 Å². The van der Waals surface area contributed by atoms with Crippen LogP contribution in [0.2, 0.25) is 0 Å². The Bertz CT molecular complexity index is 1160. The van der Waals surface area contributed by atoms with E-state index in [-0.39, 0.29) is 12.1 Å². The Labute approximate surface area is 190 Å². The van der Waals surface area contributed by atoms with Gasteiger partial charge in [-0.3, -0.25) is 9.55 Å². The lowest BCUT2D eigenvalue weighted by atomic mass is 10.0. The van der Waals surface area contributed by atoms with Crippen molar-refractivity contribution < 1.29 is 4.74 Å². The lowest BCUT2D eigenvalue weighted by Crippen LogP contribution is -2.32. The first-order chi connectivity index (χ1) is 15.3. The third-order valence-electron chi connectivity index (χ3n) is 5.52.